The maximum Gasteiger partial charge on any atom is 0.0302 e. The maximum atomic E-state index is 4.08. The average Bonchev–Trinajstić information content (AvgIpc) is 1.93. The van der Waals surface area contributed by atoms with Gasteiger partial charge in [-0.2, -0.15) is 0 Å². The second-order valence-corrected chi connectivity index (χ2v) is 4.35. The molecule has 60 valence electrons. The Balaban J connectivity index is 2.78. The minimum atomic E-state index is 0.533. The van der Waals surface area contributed by atoms with E-state index >= 15 is 0 Å². The molecule has 0 radical (unpaired) electrons. The molecular weight excluding hydrogens is 202 g/mol. The molecule has 0 saturated carbocycles. The van der Waals surface area contributed by atoms with Gasteiger partial charge in [0, 0.05) is 17.2 Å². The molecule has 1 rings (SSSR count). The van der Waals surface area contributed by atoms with E-state index in [0.29, 0.717) is 4.83 Å². The van der Waals surface area contributed by atoms with Gasteiger partial charge in [-0.3, -0.25) is 4.98 Å². The van der Waals surface area contributed by atoms with Crippen LogP contribution in [0.2, 0.25) is 0 Å². The van der Waals surface area contributed by atoms with Crippen LogP contribution in [0, 0.1) is 6.92 Å². The van der Waals surface area contributed by atoms with Gasteiger partial charge >= 0.3 is 0 Å². The molecule has 0 saturated heterocycles. The molecule has 1 unspecified atom stereocenters. The van der Waals surface area contributed by atoms with Gasteiger partial charge in [0.15, 0.2) is 0 Å². The predicted octanol–water partition coefficient (Wildman–Crippen LogP) is 2.72. The Kier molecular flexibility index (Phi) is 3.06. The second-order valence-electron chi connectivity index (χ2n) is 2.79. The highest BCUT2D eigenvalue weighted by Gasteiger charge is 2.00. The van der Waals surface area contributed by atoms with E-state index in [-0.39, 0.29) is 0 Å². The summed E-state index contributed by atoms with van der Waals surface area (Å²) in [5.74, 6) is 0. The molecule has 1 aromatic rings. The third kappa shape index (κ3) is 2.62. The summed E-state index contributed by atoms with van der Waals surface area (Å²) in [7, 11) is 0. The molecule has 1 nitrogen and oxygen atoms in total. The monoisotopic (exact) mass is 213 g/mol. The Morgan fingerprint density at radius 2 is 2.36 bits per heavy atom. The van der Waals surface area contributed by atoms with Crippen molar-refractivity contribution in [1.82, 2.24) is 4.98 Å². The van der Waals surface area contributed by atoms with Crippen molar-refractivity contribution < 1.29 is 0 Å². The Hall–Kier alpha value is -0.370. The molecule has 0 bridgehead atoms. The van der Waals surface area contributed by atoms with E-state index in [2.05, 4.69) is 34.8 Å². The highest BCUT2D eigenvalue weighted by molar-refractivity contribution is 9.09. The lowest BCUT2D eigenvalue weighted by Crippen LogP contribution is -1.98. The van der Waals surface area contributed by atoms with Crippen LogP contribution in [0.25, 0.3) is 0 Å². The highest BCUT2D eigenvalue weighted by Crippen LogP contribution is 2.11. The summed E-state index contributed by atoms with van der Waals surface area (Å²) < 4.78 is 0. The Morgan fingerprint density at radius 1 is 1.64 bits per heavy atom. The smallest absolute Gasteiger partial charge is 0.0302 e. The van der Waals surface area contributed by atoms with E-state index in [9.17, 15) is 0 Å². The number of halogens is 1. The Morgan fingerprint density at radius 3 is 2.91 bits per heavy atom. The summed E-state index contributed by atoms with van der Waals surface area (Å²) in [4.78, 5) is 4.61. The number of rotatable bonds is 2. The summed E-state index contributed by atoms with van der Waals surface area (Å²) in [5.41, 5.74) is 2.66. The first kappa shape index (κ1) is 8.72. The molecule has 1 atom stereocenters. The fraction of sp³-hybridized carbons (Fsp3) is 0.444. The van der Waals surface area contributed by atoms with Gasteiger partial charge in [0.25, 0.3) is 0 Å². The summed E-state index contributed by atoms with van der Waals surface area (Å²) in [6, 6.07) is 2.05. The molecule has 0 fully saturated rings. The lowest BCUT2D eigenvalue weighted by molar-refractivity contribution is 0.937. The van der Waals surface area contributed by atoms with Crippen molar-refractivity contribution >= 4 is 15.9 Å². The highest BCUT2D eigenvalue weighted by atomic mass is 79.9. The molecule has 11 heavy (non-hydrogen) atoms. The SMILES string of the molecule is Cc1ccncc1CC(C)Br. The molecule has 0 spiro atoms. The molecule has 0 N–H and O–H groups in total. The van der Waals surface area contributed by atoms with E-state index in [1.165, 1.54) is 11.1 Å². The van der Waals surface area contributed by atoms with E-state index < -0.39 is 0 Å². The number of pyridine rings is 1. The lowest BCUT2D eigenvalue weighted by atomic mass is 10.1. The first-order valence-electron chi connectivity index (χ1n) is 3.73. The van der Waals surface area contributed by atoms with E-state index in [1.807, 2.05) is 18.5 Å². The molecule has 0 aliphatic heterocycles. The normalized spacial score (nSPS) is 13.0. The molecule has 0 aliphatic rings. The number of alkyl halides is 1. The third-order valence-electron chi connectivity index (χ3n) is 1.65. The quantitative estimate of drug-likeness (QED) is 0.689. The van der Waals surface area contributed by atoms with Crippen LogP contribution in [-0.4, -0.2) is 9.81 Å². The van der Waals surface area contributed by atoms with Crippen molar-refractivity contribution in [3.8, 4) is 0 Å². The fourth-order valence-corrected chi connectivity index (χ4v) is 1.36. The first-order valence-corrected chi connectivity index (χ1v) is 4.65. The Bertz CT molecular complexity index is 233. The number of aryl methyl sites for hydroxylation is 1. The number of hydrogen-bond donors (Lipinski definition) is 0. The molecule has 0 amide bonds. The molecule has 2 heteroatoms. The van der Waals surface area contributed by atoms with Gasteiger partial charge in [0.05, 0.1) is 0 Å². The van der Waals surface area contributed by atoms with Crippen molar-refractivity contribution in [2.24, 2.45) is 0 Å². The standard InChI is InChI=1S/C9H12BrN/c1-7-3-4-11-6-9(7)5-8(2)10/h3-4,6,8H,5H2,1-2H3. The van der Waals surface area contributed by atoms with Crippen molar-refractivity contribution in [3.63, 3.8) is 0 Å². The Labute approximate surface area is 76.0 Å². The van der Waals surface area contributed by atoms with Crippen LogP contribution in [0.3, 0.4) is 0 Å². The zero-order valence-electron chi connectivity index (χ0n) is 6.84. The maximum absolute atomic E-state index is 4.08. The van der Waals surface area contributed by atoms with E-state index in [0.717, 1.165) is 6.42 Å². The van der Waals surface area contributed by atoms with Gasteiger partial charge in [-0.1, -0.05) is 22.9 Å². The van der Waals surface area contributed by atoms with Crippen molar-refractivity contribution in [2.45, 2.75) is 25.1 Å². The zero-order chi connectivity index (χ0) is 8.27. The van der Waals surface area contributed by atoms with Crippen LogP contribution in [-0.2, 0) is 6.42 Å². The first-order chi connectivity index (χ1) is 5.20. The van der Waals surface area contributed by atoms with Crippen LogP contribution in [0.4, 0.5) is 0 Å². The summed E-state index contributed by atoms with van der Waals surface area (Å²) >= 11 is 3.52. The van der Waals surface area contributed by atoms with Crippen LogP contribution in [0.1, 0.15) is 18.1 Å². The van der Waals surface area contributed by atoms with Crippen LogP contribution in [0.15, 0.2) is 18.5 Å². The van der Waals surface area contributed by atoms with Gasteiger partial charge in [-0.15, -0.1) is 0 Å². The van der Waals surface area contributed by atoms with Crippen LogP contribution in [0.5, 0.6) is 0 Å². The van der Waals surface area contributed by atoms with Gasteiger partial charge in [0.1, 0.15) is 0 Å². The predicted molar refractivity (Wildman–Crippen MR) is 51.1 cm³/mol. The number of hydrogen-bond acceptors (Lipinski definition) is 1. The zero-order valence-corrected chi connectivity index (χ0v) is 8.43. The number of aromatic nitrogens is 1. The van der Waals surface area contributed by atoms with Gasteiger partial charge < -0.3 is 0 Å². The topological polar surface area (TPSA) is 12.9 Å². The van der Waals surface area contributed by atoms with Gasteiger partial charge in [-0.25, -0.2) is 0 Å². The lowest BCUT2D eigenvalue weighted by Gasteiger charge is -2.05. The summed E-state index contributed by atoms with van der Waals surface area (Å²) in [5, 5.41) is 0. The van der Waals surface area contributed by atoms with Gasteiger partial charge in [0.2, 0.25) is 0 Å². The molecule has 1 heterocycles. The number of nitrogens with zero attached hydrogens (tertiary/aromatic N) is 1. The van der Waals surface area contributed by atoms with Crippen molar-refractivity contribution in [1.29, 1.82) is 0 Å². The second kappa shape index (κ2) is 3.86. The van der Waals surface area contributed by atoms with E-state index in [4.69, 9.17) is 0 Å². The molecule has 0 aromatic carbocycles. The summed E-state index contributed by atoms with van der Waals surface area (Å²) in [6.07, 6.45) is 4.82. The molecule has 0 aliphatic carbocycles. The van der Waals surface area contributed by atoms with Gasteiger partial charge in [-0.05, 0) is 30.5 Å². The van der Waals surface area contributed by atoms with Crippen molar-refractivity contribution in [3.05, 3.63) is 29.6 Å². The van der Waals surface area contributed by atoms with Crippen LogP contribution >= 0.6 is 15.9 Å². The molecule has 1 aromatic heterocycles. The molecular formula is C9H12BrN. The summed E-state index contributed by atoms with van der Waals surface area (Å²) in [6.45, 7) is 4.26. The fourth-order valence-electron chi connectivity index (χ4n) is 1.01. The third-order valence-corrected chi connectivity index (χ3v) is 1.97. The largest absolute Gasteiger partial charge is 0.264 e. The minimum absolute atomic E-state index is 0.533. The van der Waals surface area contributed by atoms with Crippen LogP contribution < -0.4 is 0 Å². The van der Waals surface area contributed by atoms with E-state index in [1.54, 1.807) is 0 Å². The minimum Gasteiger partial charge on any atom is -0.264 e. The van der Waals surface area contributed by atoms with Crippen molar-refractivity contribution in [2.75, 3.05) is 0 Å². The average molecular weight is 214 g/mol.